The maximum atomic E-state index is 12.1. The number of rotatable bonds is 8. The molecule has 3 aromatic carbocycles. The van der Waals surface area contributed by atoms with Gasteiger partial charge in [-0.05, 0) is 61.0 Å². The molecule has 0 atom stereocenters. The van der Waals surface area contributed by atoms with Crippen molar-refractivity contribution in [3.8, 4) is 11.5 Å². The molecule has 0 aliphatic rings. The number of carbonyl (C=O) groups excluding carboxylic acids is 1. The van der Waals surface area contributed by atoms with Crippen LogP contribution < -0.4 is 20.1 Å². The number of anilines is 3. The van der Waals surface area contributed by atoms with Crippen molar-refractivity contribution in [1.29, 1.82) is 0 Å². The summed E-state index contributed by atoms with van der Waals surface area (Å²) in [5.74, 6) is 1.45. The highest BCUT2D eigenvalue weighted by Gasteiger charge is 2.06. The fraction of sp³-hybridized carbons (Fsp3) is 0.174. The third-order valence-electron chi connectivity index (χ3n) is 4.14. The molecule has 28 heavy (non-hydrogen) atoms. The van der Waals surface area contributed by atoms with Gasteiger partial charge in [-0.3, -0.25) is 4.79 Å². The summed E-state index contributed by atoms with van der Waals surface area (Å²) in [6, 6.07) is 23.0. The summed E-state index contributed by atoms with van der Waals surface area (Å²) in [5.41, 5.74) is 3.70. The summed E-state index contributed by atoms with van der Waals surface area (Å²) >= 11 is 0. The van der Waals surface area contributed by atoms with Crippen LogP contribution in [0, 0.1) is 6.92 Å². The van der Waals surface area contributed by atoms with Crippen LogP contribution in [0.5, 0.6) is 11.5 Å². The maximum absolute atomic E-state index is 12.1. The third kappa shape index (κ3) is 5.51. The van der Waals surface area contributed by atoms with Gasteiger partial charge in [0.05, 0.1) is 25.8 Å². The molecule has 0 aromatic heterocycles. The van der Waals surface area contributed by atoms with Gasteiger partial charge in [-0.1, -0.05) is 24.3 Å². The minimum Gasteiger partial charge on any atom is -0.495 e. The van der Waals surface area contributed by atoms with Crippen LogP contribution in [0.15, 0.2) is 72.8 Å². The summed E-state index contributed by atoms with van der Waals surface area (Å²) in [6.07, 6.45) is 0.287. The van der Waals surface area contributed by atoms with Gasteiger partial charge in [0.15, 0.2) is 0 Å². The quantitative estimate of drug-likeness (QED) is 0.570. The highest BCUT2D eigenvalue weighted by atomic mass is 16.5. The molecule has 0 fully saturated rings. The highest BCUT2D eigenvalue weighted by Crippen LogP contribution is 2.29. The molecule has 0 spiro atoms. The molecule has 0 heterocycles. The van der Waals surface area contributed by atoms with Crippen LogP contribution in [-0.4, -0.2) is 19.6 Å². The second-order valence-electron chi connectivity index (χ2n) is 6.37. The van der Waals surface area contributed by atoms with Crippen molar-refractivity contribution in [1.82, 2.24) is 0 Å². The summed E-state index contributed by atoms with van der Waals surface area (Å²) in [7, 11) is 1.65. The van der Waals surface area contributed by atoms with Crippen LogP contribution >= 0.6 is 0 Å². The number of hydrogen-bond donors (Lipinski definition) is 2. The van der Waals surface area contributed by atoms with Crippen LogP contribution in [-0.2, 0) is 4.79 Å². The van der Waals surface area contributed by atoms with Crippen molar-refractivity contribution in [2.24, 2.45) is 0 Å². The molecule has 5 heteroatoms. The Morgan fingerprint density at radius 3 is 2.36 bits per heavy atom. The first-order chi connectivity index (χ1) is 13.6. The van der Waals surface area contributed by atoms with E-state index in [9.17, 15) is 4.79 Å². The number of nitrogens with one attached hydrogen (secondary N) is 2. The summed E-state index contributed by atoms with van der Waals surface area (Å²) in [5, 5.41) is 6.22. The Labute approximate surface area is 165 Å². The van der Waals surface area contributed by atoms with Crippen LogP contribution in [0.2, 0.25) is 0 Å². The van der Waals surface area contributed by atoms with Crippen molar-refractivity contribution < 1.29 is 14.3 Å². The smallest absolute Gasteiger partial charge is 0.227 e. The zero-order valence-electron chi connectivity index (χ0n) is 16.1. The van der Waals surface area contributed by atoms with Crippen LogP contribution in [0.3, 0.4) is 0 Å². The Hall–Kier alpha value is -3.47. The Balaban J connectivity index is 1.51. The molecular weight excluding hydrogens is 352 g/mol. The Morgan fingerprint density at radius 2 is 1.64 bits per heavy atom. The van der Waals surface area contributed by atoms with Gasteiger partial charge in [0.1, 0.15) is 11.5 Å². The number of amides is 1. The summed E-state index contributed by atoms with van der Waals surface area (Å²) in [6.45, 7) is 2.37. The molecule has 0 saturated heterocycles. The van der Waals surface area contributed by atoms with Gasteiger partial charge in [-0.2, -0.15) is 0 Å². The van der Waals surface area contributed by atoms with Crippen LogP contribution in [0.1, 0.15) is 12.0 Å². The van der Waals surface area contributed by atoms with E-state index in [2.05, 4.69) is 10.6 Å². The van der Waals surface area contributed by atoms with E-state index >= 15 is 0 Å². The van der Waals surface area contributed by atoms with E-state index in [4.69, 9.17) is 9.47 Å². The van der Waals surface area contributed by atoms with Gasteiger partial charge in [0, 0.05) is 11.4 Å². The average Bonchev–Trinajstić information content (AvgIpc) is 2.70. The Morgan fingerprint density at radius 1 is 0.929 bits per heavy atom. The lowest BCUT2D eigenvalue weighted by atomic mass is 10.2. The van der Waals surface area contributed by atoms with Crippen LogP contribution in [0.4, 0.5) is 17.1 Å². The molecule has 0 aliphatic heterocycles. The largest absolute Gasteiger partial charge is 0.495 e. The molecule has 0 bridgehead atoms. The standard InChI is InChI=1S/C23H24N2O3/c1-17-8-13-22(27-2)21(16-17)24-18-9-11-19(12-10-18)25-23(26)14-15-28-20-6-4-3-5-7-20/h3-13,16,24H,14-15H2,1-2H3,(H,25,26). The zero-order valence-corrected chi connectivity index (χ0v) is 16.1. The molecule has 0 aliphatic carbocycles. The van der Waals surface area contributed by atoms with Crippen molar-refractivity contribution >= 4 is 23.0 Å². The minimum atomic E-state index is -0.0861. The highest BCUT2D eigenvalue weighted by molar-refractivity contribution is 5.91. The monoisotopic (exact) mass is 376 g/mol. The topological polar surface area (TPSA) is 59.6 Å². The Bertz CT molecular complexity index is 909. The molecule has 0 unspecified atom stereocenters. The molecule has 5 nitrogen and oxygen atoms in total. The number of carbonyl (C=O) groups is 1. The van der Waals surface area contributed by atoms with E-state index in [1.807, 2.05) is 79.7 Å². The number of benzene rings is 3. The second kappa shape index (κ2) is 9.46. The van der Waals surface area contributed by atoms with Crippen molar-refractivity contribution in [3.05, 3.63) is 78.4 Å². The van der Waals surface area contributed by atoms with Gasteiger partial charge in [-0.15, -0.1) is 0 Å². The molecule has 0 saturated carbocycles. The summed E-state index contributed by atoms with van der Waals surface area (Å²) < 4.78 is 10.9. The predicted molar refractivity (Wildman–Crippen MR) is 113 cm³/mol. The van der Waals surface area contributed by atoms with E-state index in [0.717, 1.165) is 34.1 Å². The first kappa shape index (κ1) is 19.3. The molecule has 2 N–H and O–H groups in total. The number of ether oxygens (including phenoxy) is 2. The average molecular weight is 376 g/mol. The molecule has 3 rings (SSSR count). The third-order valence-corrected chi connectivity index (χ3v) is 4.14. The number of aryl methyl sites for hydroxylation is 1. The molecule has 3 aromatic rings. The lowest BCUT2D eigenvalue weighted by molar-refractivity contribution is -0.116. The van der Waals surface area contributed by atoms with E-state index < -0.39 is 0 Å². The number of methoxy groups -OCH3 is 1. The fourth-order valence-corrected chi connectivity index (χ4v) is 2.71. The van der Waals surface area contributed by atoms with E-state index in [0.29, 0.717) is 6.61 Å². The lowest BCUT2D eigenvalue weighted by Crippen LogP contribution is -2.15. The molecule has 144 valence electrons. The molecule has 0 radical (unpaired) electrons. The van der Waals surface area contributed by atoms with Crippen molar-refractivity contribution in [2.45, 2.75) is 13.3 Å². The Kier molecular flexibility index (Phi) is 6.52. The molecular formula is C23H24N2O3. The van der Waals surface area contributed by atoms with Gasteiger partial charge in [0.25, 0.3) is 0 Å². The lowest BCUT2D eigenvalue weighted by Gasteiger charge is -2.13. The second-order valence-corrected chi connectivity index (χ2v) is 6.37. The first-order valence-electron chi connectivity index (χ1n) is 9.13. The van der Waals surface area contributed by atoms with E-state index in [-0.39, 0.29) is 12.3 Å². The van der Waals surface area contributed by atoms with Crippen LogP contribution in [0.25, 0.3) is 0 Å². The maximum Gasteiger partial charge on any atom is 0.227 e. The van der Waals surface area contributed by atoms with Gasteiger partial charge >= 0.3 is 0 Å². The summed E-state index contributed by atoms with van der Waals surface area (Å²) in [4.78, 5) is 12.1. The van der Waals surface area contributed by atoms with Gasteiger partial charge < -0.3 is 20.1 Å². The number of para-hydroxylation sites is 1. The SMILES string of the molecule is COc1ccc(C)cc1Nc1ccc(NC(=O)CCOc2ccccc2)cc1. The predicted octanol–water partition coefficient (Wildman–Crippen LogP) is 5.15. The fourth-order valence-electron chi connectivity index (χ4n) is 2.71. The molecule has 1 amide bonds. The van der Waals surface area contributed by atoms with Gasteiger partial charge in [0.2, 0.25) is 5.91 Å². The first-order valence-corrected chi connectivity index (χ1v) is 9.13. The van der Waals surface area contributed by atoms with Crippen molar-refractivity contribution in [3.63, 3.8) is 0 Å². The van der Waals surface area contributed by atoms with Gasteiger partial charge in [-0.25, -0.2) is 0 Å². The van der Waals surface area contributed by atoms with Crippen molar-refractivity contribution in [2.75, 3.05) is 24.4 Å². The minimum absolute atomic E-state index is 0.0861. The van der Waals surface area contributed by atoms with E-state index in [1.165, 1.54) is 0 Å². The number of hydrogen-bond acceptors (Lipinski definition) is 4. The van der Waals surface area contributed by atoms with E-state index in [1.54, 1.807) is 7.11 Å². The normalized spacial score (nSPS) is 10.2. The zero-order chi connectivity index (χ0) is 19.8.